The number of aromatic nitrogens is 3. The molecule has 0 amide bonds. The summed E-state index contributed by atoms with van der Waals surface area (Å²) in [6.07, 6.45) is 5.20. The minimum atomic E-state index is -0.624. The van der Waals surface area contributed by atoms with Crippen molar-refractivity contribution in [3.63, 3.8) is 0 Å². The zero-order valence-corrected chi connectivity index (χ0v) is 12.6. The van der Waals surface area contributed by atoms with Crippen molar-refractivity contribution in [2.45, 2.75) is 12.5 Å². The summed E-state index contributed by atoms with van der Waals surface area (Å²) < 4.78 is 2.89. The minimum absolute atomic E-state index is 0.469. The van der Waals surface area contributed by atoms with Gasteiger partial charge in [0.25, 0.3) is 0 Å². The average molecular weight is 332 g/mol. The molecule has 0 saturated carbocycles. The number of aliphatic hydroxyl groups is 1. The van der Waals surface area contributed by atoms with Gasteiger partial charge in [0, 0.05) is 47.5 Å². The SMILES string of the molecule is Cn1ccnc1CC(O)c1ccc(Br)c2cccnc12. The van der Waals surface area contributed by atoms with Gasteiger partial charge in [0.1, 0.15) is 5.82 Å². The van der Waals surface area contributed by atoms with Crippen LogP contribution in [0.15, 0.2) is 47.3 Å². The second-order valence-corrected chi connectivity index (χ2v) is 5.56. The van der Waals surface area contributed by atoms with Crippen LogP contribution >= 0.6 is 15.9 Å². The molecule has 3 aromatic rings. The Morgan fingerprint density at radius 1 is 1.25 bits per heavy atom. The van der Waals surface area contributed by atoms with E-state index in [2.05, 4.69) is 25.9 Å². The van der Waals surface area contributed by atoms with Crippen LogP contribution in [-0.4, -0.2) is 19.6 Å². The molecular weight excluding hydrogens is 318 g/mol. The Balaban J connectivity index is 2.02. The molecule has 1 atom stereocenters. The number of nitrogens with zero attached hydrogens (tertiary/aromatic N) is 3. The first-order valence-corrected chi connectivity index (χ1v) is 7.13. The Hall–Kier alpha value is -1.72. The molecule has 5 heteroatoms. The van der Waals surface area contributed by atoms with Gasteiger partial charge in [-0.25, -0.2) is 4.98 Å². The summed E-state index contributed by atoms with van der Waals surface area (Å²) in [4.78, 5) is 8.65. The van der Waals surface area contributed by atoms with Crippen LogP contribution in [0.3, 0.4) is 0 Å². The molecule has 2 aromatic heterocycles. The lowest BCUT2D eigenvalue weighted by atomic mass is 10.0. The molecule has 0 aliphatic heterocycles. The molecule has 1 aromatic carbocycles. The van der Waals surface area contributed by atoms with E-state index in [1.54, 1.807) is 12.4 Å². The molecule has 102 valence electrons. The van der Waals surface area contributed by atoms with Gasteiger partial charge < -0.3 is 9.67 Å². The Kier molecular flexibility index (Phi) is 3.54. The summed E-state index contributed by atoms with van der Waals surface area (Å²) in [6, 6.07) is 7.74. The van der Waals surface area contributed by atoms with Crippen molar-refractivity contribution < 1.29 is 5.11 Å². The van der Waals surface area contributed by atoms with Crippen LogP contribution in [0.2, 0.25) is 0 Å². The quantitative estimate of drug-likeness (QED) is 0.802. The molecule has 0 aliphatic rings. The van der Waals surface area contributed by atoms with Crippen LogP contribution in [0.25, 0.3) is 10.9 Å². The molecule has 0 radical (unpaired) electrons. The van der Waals surface area contributed by atoms with Crippen molar-refractivity contribution >= 4 is 26.8 Å². The summed E-state index contributed by atoms with van der Waals surface area (Å²) in [5.41, 5.74) is 1.65. The first kappa shape index (κ1) is 13.3. The molecule has 1 N–H and O–H groups in total. The lowest BCUT2D eigenvalue weighted by Gasteiger charge is -2.13. The van der Waals surface area contributed by atoms with Crippen LogP contribution in [-0.2, 0) is 13.5 Å². The molecule has 3 rings (SSSR count). The number of rotatable bonds is 3. The summed E-state index contributed by atoms with van der Waals surface area (Å²) in [7, 11) is 1.92. The maximum absolute atomic E-state index is 10.5. The summed E-state index contributed by atoms with van der Waals surface area (Å²) in [5, 5.41) is 11.5. The van der Waals surface area contributed by atoms with E-state index in [4.69, 9.17) is 0 Å². The second-order valence-electron chi connectivity index (χ2n) is 4.71. The number of imidazole rings is 1. The number of halogens is 1. The molecule has 1 unspecified atom stereocenters. The number of aliphatic hydroxyl groups excluding tert-OH is 1. The van der Waals surface area contributed by atoms with E-state index < -0.39 is 6.10 Å². The molecule has 0 saturated heterocycles. The maximum atomic E-state index is 10.5. The fourth-order valence-corrected chi connectivity index (χ4v) is 2.76. The van der Waals surface area contributed by atoms with Gasteiger partial charge in [0.05, 0.1) is 11.6 Å². The van der Waals surface area contributed by atoms with Gasteiger partial charge in [-0.05, 0) is 12.1 Å². The Labute approximate surface area is 125 Å². The number of fused-ring (bicyclic) bond motifs is 1. The lowest BCUT2D eigenvalue weighted by Crippen LogP contribution is -2.07. The number of benzene rings is 1. The van der Waals surface area contributed by atoms with E-state index in [9.17, 15) is 5.11 Å². The highest BCUT2D eigenvalue weighted by atomic mass is 79.9. The van der Waals surface area contributed by atoms with E-state index in [1.807, 2.05) is 42.1 Å². The fourth-order valence-electron chi connectivity index (χ4n) is 2.30. The van der Waals surface area contributed by atoms with Crippen LogP contribution in [0.4, 0.5) is 0 Å². The number of aryl methyl sites for hydroxylation is 1. The van der Waals surface area contributed by atoms with E-state index in [-0.39, 0.29) is 0 Å². The largest absolute Gasteiger partial charge is 0.388 e. The Morgan fingerprint density at radius 2 is 2.10 bits per heavy atom. The van der Waals surface area contributed by atoms with Gasteiger partial charge in [0.15, 0.2) is 0 Å². The Bertz CT molecular complexity index is 754. The van der Waals surface area contributed by atoms with Crippen LogP contribution in [0, 0.1) is 0 Å². The molecule has 20 heavy (non-hydrogen) atoms. The monoisotopic (exact) mass is 331 g/mol. The summed E-state index contributed by atoms with van der Waals surface area (Å²) >= 11 is 3.51. The first-order chi connectivity index (χ1) is 9.66. The molecule has 0 fully saturated rings. The third kappa shape index (κ3) is 2.34. The zero-order chi connectivity index (χ0) is 14.1. The molecule has 0 aliphatic carbocycles. The molecular formula is C15H14BrN3O. The van der Waals surface area contributed by atoms with Gasteiger partial charge in [0.2, 0.25) is 0 Å². The molecule has 2 heterocycles. The van der Waals surface area contributed by atoms with E-state index in [1.165, 1.54) is 0 Å². The lowest BCUT2D eigenvalue weighted by molar-refractivity contribution is 0.176. The second kappa shape index (κ2) is 5.34. The van der Waals surface area contributed by atoms with Crippen LogP contribution in [0.1, 0.15) is 17.5 Å². The standard InChI is InChI=1S/C15H14BrN3O/c1-19-8-7-17-14(19)9-13(20)11-4-5-12(16)10-3-2-6-18-15(10)11/h2-8,13,20H,9H2,1H3. The van der Waals surface area contributed by atoms with Gasteiger partial charge >= 0.3 is 0 Å². The van der Waals surface area contributed by atoms with Crippen LogP contribution < -0.4 is 0 Å². The highest BCUT2D eigenvalue weighted by Crippen LogP contribution is 2.29. The van der Waals surface area contributed by atoms with Gasteiger partial charge in [-0.2, -0.15) is 0 Å². The molecule has 4 nitrogen and oxygen atoms in total. The van der Waals surface area contributed by atoms with Crippen molar-refractivity contribution in [1.29, 1.82) is 0 Å². The Morgan fingerprint density at radius 3 is 2.85 bits per heavy atom. The van der Waals surface area contributed by atoms with Crippen molar-refractivity contribution in [2.24, 2.45) is 7.05 Å². The third-order valence-electron chi connectivity index (χ3n) is 3.40. The number of pyridine rings is 1. The zero-order valence-electron chi connectivity index (χ0n) is 11.0. The van der Waals surface area contributed by atoms with Crippen molar-refractivity contribution in [2.75, 3.05) is 0 Å². The van der Waals surface area contributed by atoms with E-state index in [0.29, 0.717) is 6.42 Å². The topological polar surface area (TPSA) is 50.9 Å². The molecule has 0 bridgehead atoms. The van der Waals surface area contributed by atoms with Gasteiger partial charge in [-0.3, -0.25) is 4.98 Å². The van der Waals surface area contributed by atoms with E-state index in [0.717, 1.165) is 26.8 Å². The number of hydrogen-bond donors (Lipinski definition) is 1. The highest BCUT2D eigenvalue weighted by Gasteiger charge is 2.16. The fraction of sp³-hybridized carbons (Fsp3) is 0.200. The summed E-state index contributed by atoms with van der Waals surface area (Å²) in [6.45, 7) is 0. The van der Waals surface area contributed by atoms with Gasteiger partial charge in [-0.15, -0.1) is 0 Å². The van der Waals surface area contributed by atoms with E-state index >= 15 is 0 Å². The third-order valence-corrected chi connectivity index (χ3v) is 4.10. The highest BCUT2D eigenvalue weighted by molar-refractivity contribution is 9.10. The minimum Gasteiger partial charge on any atom is -0.388 e. The maximum Gasteiger partial charge on any atom is 0.111 e. The normalized spacial score (nSPS) is 12.8. The van der Waals surface area contributed by atoms with Gasteiger partial charge in [-0.1, -0.05) is 28.1 Å². The smallest absolute Gasteiger partial charge is 0.111 e. The average Bonchev–Trinajstić information content (AvgIpc) is 2.85. The predicted octanol–water partition coefficient (Wildman–Crippen LogP) is 3.01. The predicted molar refractivity (Wildman–Crippen MR) is 81.3 cm³/mol. The van der Waals surface area contributed by atoms with Crippen molar-refractivity contribution in [3.8, 4) is 0 Å². The summed E-state index contributed by atoms with van der Waals surface area (Å²) in [5.74, 6) is 0.851. The van der Waals surface area contributed by atoms with Crippen molar-refractivity contribution in [1.82, 2.24) is 14.5 Å². The number of hydrogen-bond acceptors (Lipinski definition) is 3. The molecule has 0 spiro atoms. The van der Waals surface area contributed by atoms with Crippen LogP contribution in [0.5, 0.6) is 0 Å². The first-order valence-electron chi connectivity index (χ1n) is 6.34. The van der Waals surface area contributed by atoms with Crippen molar-refractivity contribution in [3.05, 3.63) is 58.7 Å².